The molecule has 0 saturated heterocycles. The van der Waals surface area contributed by atoms with E-state index in [9.17, 15) is 9.59 Å². The van der Waals surface area contributed by atoms with E-state index in [0.29, 0.717) is 6.42 Å². The summed E-state index contributed by atoms with van der Waals surface area (Å²) in [7, 11) is 1.36. The first-order valence-corrected chi connectivity index (χ1v) is 5.82. The van der Waals surface area contributed by atoms with Gasteiger partial charge in [0.05, 0.1) is 19.4 Å². The fourth-order valence-electron chi connectivity index (χ4n) is 1.67. The van der Waals surface area contributed by atoms with Gasteiger partial charge in [-0.15, -0.1) is 11.6 Å². The number of alkyl halides is 1. The molecular formula is C13H15ClO3. The zero-order valence-electron chi connectivity index (χ0n) is 9.96. The van der Waals surface area contributed by atoms with Gasteiger partial charge in [0.1, 0.15) is 0 Å². The third-order valence-electron chi connectivity index (χ3n) is 2.32. The van der Waals surface area contributed by atoms with Crippen molar-refractivity contribution in [1.82, 2.24) is 0 Å². The van der Waals surface area contributed by atoms with Crippen LogP contribution in [0.15, 0.2) is 18.2 Å². The summed E-state index contributed by atoms with van der Waals surface area (Å²) < 4.78 is 4.61. The standard InChI is InChI=1S/C13H15ClO3/c1-9-3-10(6-12(15)8-14)5-11(4-9)7-13(16)17-2/h3-5H,6-8H2,1-2H3. The lowest BCUT2D eigenvalue weighted by atomic mass is 10.0. The number of hydrogen-bond acceptors (Lipinski definition) is 3. The molecule has 0 radical (unpaired) electrons. The Labute approximate surface area is 106 Å². The van der Waals surface area contributed by atoms with Crippen LogP contribution in [-0.4, -0.2) is 24.7 Å². The van der Waals surface area contributed by atoms with E-state index in [0.717, 1.165) is 16.7 Å². The Morgan fingerprint density at radius 2 is 1.76 bits per heavy atom. The Balaban J connectivity index is 2.86. The molecule has 0 unspecified atom stereocenters. The number of aryl methyl sites for hydroxylation is 1. The minimum absolute atomic E-state index is 0.0142. The molecule has 0 saturated carbocycles. The van der Waals surface area contributed by atoms with Crippen LogP contribution >= 0.6 is 11.6 Å². The molecule has 92 valence electrons. The summed E-state index contributed by atoms with van der Waals surface area (Å²) in [6.07, 6.45) is 0.527. The molecule has 1 aromatic carbocycles. The first-order valence-electron chi connectivity index (χ1n) is 5.29. The van der Waals surface area contributed by atoms with Gasteiger partial charge in [0.25, 0.3) is 0 Å². The van der Waals surface area contributed by atoms with Gasteiger partial charge in [0.15, 0.2) is 5.78 Å². The first-order chi connectivity index (χ1) is 8.05. The molecule has 4 heteroatoms. The summed E-state index contributed by atoms with van der Waals surface area (Å²) in [6.45, 7) is 1.93. The first kappa shape index (κ1) is 13.7. The van der Waals surface area contributed by atoms with Gasteiger partial charge in [-0.05, 0) is 18.1 Å². The highest BCUT2D eigenvalue weighted by atomic mass is 35.5. The normalized spacial score (nSPS) is 10.1. The lowest BCUT2D eigenvalue weighted by Gasteiger charge is -2.06. The van der Waals surface area contributed by atoms with Gasteiger partial charge in [-0.2, -0.15) is 0 Å². The van der Waals surface area contributed by atoms with Gasteiger partial charge in [-0.3, -0.25) is 9.59 Å². The number of carbonyl (C=O) groups is 2. The molecule has 1 rings (SSSR count). The van der Waals surface area contributed by atoms with Crippen LogP contribution in [0.25, 0.3) is 0 Å². The van der Waals surface area contributed by atoms with Crippen LogP contribution in [0, 0.1) is 6.92 Å². The van der Waals surface area contributed by atoms with Crippen LogP contribution in [-0.2, 0) is 27.2 Å². The second kappa shape index (κ2) is 6.40. The van der Waals surface area contributed by atoms with E-state index in [4.69, 9.17) is 11.6 Å². The lowest BCUT2D eigenvalue weighted by Crippen LogP contribution is -2.07. The zero-order valence-corrected chi connectivity index (χ0v) is 10.7. The molecule has 0 fully saturated rings. The molecule has 0 bridgehead atoms. The van der Waals surface area contributed by atoms with Gasteiger partial charge in [0.2, 0.25) is 0 Å². The lowest BCUT2D eigenvalue weighted by molar-refractivity contribution is -0.139. The molecule has 0 atom stereocenters. The fourth-order valence-corrected chi connectivity index (χ4v) is 1.76. The molecule has 0 spiro atoms. The average Bonchev–Trinajstić information content (AvgIpc) is 2.27. The Morgan fingerprint density at radius 3 is 2.29 bits per heavy atom. The quantitative estimate of drug-likeness (QED) is 0.597. The molecule has 0 heterocycles. The van der Waals surface area contributed by atoms with Crippen LogP contribution in [0.1, 0.15) is 16.7 Å². The second-order valence-electron chi connectivity index (χ2n) is 3.93. The monoisotopic (exact) mass is 254 g/mol. The smallest absolute Gasteiger partial charge is 0.309 e. The summed E-state index contributed by atoms with van der Waals surface area (Å²) in [5.41, 5.74) is 2.76. The molecule has 0 N–H and O–H groups in total. The molecular weight excluding hydrogens is 240 g/mol. The van der Waals surface area contributed by atoms with Crippen LogP contribution in [0.4, 0.5) is 0 Å². The van der Waals surface area contributed by atoms with Crippen LogP contribution in [0.2, 0.25) is 0 Å². The fraction of sp³-hybridized carbons (Fsp3) is 0.385. The van der Waals surface area contributed by atoms with Crippen molar-refractivity contribution in [2.24, 2.45) is 0 Å². The van der Waals surface area contributed by atoms with Crippen molar-refractivity contribution in [3.05, 3.63) is 34.9 Å². The highest BCUT2D eigenvalue weighted by Crippen LogP contribution is 2.12. The summed E-state index contributed by atoms with van der Waals surface area (Å²) in [6, 6.07) is 5.67. The Bertz CT molecular complexity index is 390. The molecule has 0 aliphatic rings. The molecule has 0 aliphatic carbocycles. The number of Topliss-reactive ketones (excluding diaryl/α,β-unsaturated/α-hetero) is 1. The van der Waals surface area contributed by atoms with Crippen LogP contribution in [0.5, 0.6) is 0 Å². The van der Waals surface area contributed by atoms with E-state index in [2.05, 4.69) is 4.74 Å². The van der Waals surface area contributed by atoms with Gasteiger partial charge in [-0.1, -0.05) is 23.8 Å². The highest BCUT2D eigenvalue weighted by molar-refractivity contribution is 6.27. The third kappa shape index (κ3) is 4.57. The summed E-state index contributed by atoms with van der Waals surface area (Å²) >= 11 is 5.46. The molecule has 17 heavy (non-hydrogen) atoms. The van der Waals surface area contributed by atoms with E-state index >= 15 is 0 Å². The number of hydrogen-bond donors (Lipinski definition) is 0. The maximum absolute atomic E-state index is 11.3. The number of esters is 1. The number of benzene rings is 1. The van der Waals surface area contributed by atoms with Gasteiger partial charge in [-0.25, -0.2) is 0 Å². The third-order valence-corrected chi connectivity index (χ3v) is 2.62. The van der Waals surface area contributed by atoms with Gasteiger partial charge in [0, 0.05) is 6.42 Å². The van der Waals surface area contributed by atoms with Crippen molar-refractivity contribution in [2.45, 2.75) is 19.8 Å². The molecule has 3 nitrogen and oxygen atoms in total. The van der Waals surface area contributed by atoms with Gasteiger partial charge >= 0.3 is 5.97 Å². The van der Waals surface area contributed by atoms with E-state index in [1.807, 2.05) is 25.1 Å². The topological polar surface area (TPSA) is 43.4 Å². The van der Waals surface area contributed by atoms with Crippen molar-refractivity contribution in [3.8, 4) is 0 Å². The molecule has 0 aliphatic heterocycles. The predicted octanol–water partition coefficient (Wildman–Crippen LogP) is 2.06. The maximum atomic E-state index is 11.3. The minimum atomic E-state index is -0.287. The van der Waals surface area contributed by atoms with Crippen molar-refractivity contribution in [2.75, 3.05) is 13.0 Å². The number of rotatable bonds is 5. The number of ketones is 1. The Kier molecular flexibility index (Phi) is 5.16. The predicted molar refractivity (Wildman–Crippen MR) is 66.3 cm³/mol. The Hall–Kier alpha value is -1.35. The highest BCUT2D eigenvalue weighted by Gasteiger charge is 2.07. The Morgan fingerprint density at radius 1 is 1.18 bits per heavy atom. The number of ether oxygens (including phenoxy) is 1. The van der Waals surface area contributed by atoms with E-state index in [1.165, 1.54) is 7.11 Å². The summed E-state index contributed by atoms with van der Waals surface area (Å²) in [5.74, 6) is -0.299. The SMILES string of the molecule is COC(=O)Cc1cc(C)cc(CC(=O)CCl)c1. The molecule has 0 aromatic heterocycles. The summed E-state index contributed by atoms with van der Waals surface area (Å²) in [5, 5.41) is 0. The van der Waals surface area contributed by atoms with Gasteiger partial charge < -0.3 is 4.74 Å². The molecule has 0 amide bonds. The van der Waals surface area contributed by atoms with Crippen molar-refractivity contribution >= 4 is 23.4 Å². The molecule has 1 aromatic rings. The average molecular weight is 255 g/mol. The zero-order chi connectivity index (χ0) is 12.8. The van der Waals surface area contributed by atoms with Crippen molar-refractivity contribution in [1.29, 1.82) is 0 Å². The van der Waals surface area contributed by atoms with E-state index in [-0.39, 0.29) is 24.1 Å². The minimum Gasteiger partial charge on any atom is -0.469 e. The number of halogens is 1. The number of carbonyl (C=O) groups excluding carboxylic acids is 2. The summed E-state index contributed by atoms with van der Waals surface area (Å²) in [4.78, 5) is 22.4. The van der Waals surface area contributed by atoms with Crippen LogP contribution in [0.3, 0.4) is 0 Å². The number of methoxy groups -OCH3 is 1. The van der Waals surface area contributed by atoms with Crippen molar-refractivity contribution in [3.63, 3.8) is 0 Å². The van der Waals surface area contributed by atoms with Crippen molar-refractivity contribution < 1.29 is 14.3 Å². The largest absolute Gasteiger partial charge is 0.469 e. The van der Waals surface area contributed by atoms with Crippen LogP contribution < -0.4 is 0 Å². The maximum Gasteiger partial charge on any atom is 0.309 e. The second-order valence-corrected chi connectivity index (χ2v) is 4.20. The van der Waals surface area contributed by atoms with E-state index in [1.54, 1.807) is 0 Å². The van der Waals surface area contributed by atoms with E-state index < -0.39 is 0 Å².